The van der Waals surface area contributed by atoms with E-state index in [4.69, 9.17) is 32.7 Å². The van der Waals surface area contributed by atoms with E-state index in [9.17, 15) is 9.59 Å². The molecule has 0 radical (unpaired) electrons. The van der Waals surface area contributed by atoms with Gasteiger partial charge in [0.2, 0.25) is 0 Å². The van der Waals surface area contributed by atoms with Crippen LogP contribution in [-0.4, -0.2) is 25.2 Å². The third-order valence-electron chi connectivity index (χ3n) is 6.53. The number of thiophene rings is 2. The summed E-state index contributed by atoms with van der Waals surface area (Å²) < 4.78 is 12.3. The summed E-state index contributed by atoms with van der Waals surface area (Å²) in [5, 5.41) is 3.06. The highest BCUT2D eigenvalue weighted by atomic mass is 35.5. The molecule has 0 fully saturated rings. The van der Waals surface area contributed by atoms with E-state index in [1.165, 1.54) is 22.7 Å². The lowest BCUT2D eigenvalue weighted by atomic mass is 9.90. The molecule has 8 heteroatoms. The quantitative estimate of drug-likeness (QED) is 0.187. The van der Waals surface area contributed by atoms with Gasteiger partial charge in [0.05, 0.1) is 13.2 Å². The first-order valence-electron chi connectivity index (χ1n) is 12.1. The number of hydrogen-bond donors (Lipinski definition) is 0. The zero-order chi connectivity index (χ0) is 27.1. The Bertz CT molecular complexity index is 1610. The van der Waals surface area contributed by atoms with Crippen LogP contribution in [0.2, 0.25) is 10.0 Å². The Morgan fingerprint density at radius 3 is 1.42 bits per heavy atom. The van der Waals surface area contributed by atoms with Gasteiger partial charge in [-0.25, -0.2) is 9.59 Å². The minimum Gasteiger partial charge on any atom is -0.462 e. The molecule has 4 nitrogen and oxygen atoms in total. The number of rotatable bonds is 6. The minimum atomic E-state index is -0.322. The highest BCUT2D eigenvalue weighted by Crippen LogP contribution is 2.42. The van der Waals surface area contributed by atoms with Crippen LogP contribution in [0, 0.1) is 13.8 Å². The molecule has 0 saturated heterocycles. The Morgan fingerprint density at radius 2 is 1.05 bits per heavy atom. The molecule has 0 N–H and O–H groups in total. The van der Waals surface area contributed by atoms with E-state index in [1.54, 1.807) is 13.8 Å². The molecule has 0 amide bonds. The first-order chi connectivity index (χ1) is 18.2. The van der Waals surface area contributed by atoms with E-state index < -0.39 is 0 Å². The zero-order valence-electron chi connectivity index (χ0n) is 21.2. The second-order valence-corrected chi connectivity index (χ2v) is 11.8. The predicted molar refractivity (Wildman–Crippen MR) is 159 cm³/mol. The summed E-state index contributed by atoms with van der Waals surface area (Å²) in [5.41, 5.74) is 6.01. The second-order valence-electron chi connectivity index (χ2n) is 8.81. The summed E-state index contributed by atoms with van der Waals surface area (Å²) in [6.07, 6.45) is 0. The summed E-state index contributed by atoms with van der Waals surface area (Å²) in [7, 11) is 0. The monoisotopic (exact) mass is 582 g/mol. The number of benzene rings is 3. The first-order valence-corrected chi connectivity index (χ1v) is 14.5. The van der Waals surface area contributed by atoms with Gasteiger partial charge >= 0.3 is 11.9 Å². The molecular formula is C30H24Cl2O4S2. The highest BCUT2D eigenvalue weighted by molar-refractivity contribution is 7.21. The van der Waals surface area contributed by atoms with Gasteiger partial charge in [-0.15, -0.1) is 22.7 Å². The van der Waals surface area contributed by atoms with Gasteiger partial charge in [-0.3, -0.25) is 0 Å². The first kappa shape index (κ1) is 26.7. The van der Waals surface area contributed by atoms with Crippen LogP contribution in [0.25, 0.3) is 42.4 Å². The fraction of sp³-hybridized carbons (Fsp3) is 0.200. The number of esters is 2. The molecule has 0 aliphatic rings. The zero-order valence-corrected chi connectivity index (χ0v) is 24.4. The smallest absolute Gasteiger partial charge is 0.348 e. The topological polar surface area (TPSA) is 52.6 Å². The molecule has 2 aromatic heterocycles. The molecule has 5 aromatic rings. The molecular weight excluding hydrogens is 559 g/mol. The minimum absolute atomic E-state index is 0.322. The summed E-state index contributed by atoms with van der Waals surface area (Å²) in [6.45, 7) is 8.40. The van der Waals surface area contributed by atoms with Crippen LogP contribution in [0.15, 0.2) is 48.5 Å². The van der Waals surface area contributed by atoms with E-state index >= 15 is 0 Å². The lowest BCUT2D eigenvalue weighted by Crippen LogP contribution is -2.01. The fourth-order valence-electron chi connectivity index (χ4n) is 4.54. The molecule has 0 aliphatic carbocycles. The molecule has 3 aromatic carbocycles. The Hall–Kier alpha value is -2.90. The Morgan fingerprint density at radius 1 is 0.658 bits per heavy atom. The number of carbonyl (C=O) groups excluding carboxylic acids is 2. The standard InChI is InChI=1S/C30H24Cl2O4S2/c1-5-35-29(33)27-11-17-9-23(31)21(13-25(17)37-27)19-7-8-20(16(4)15(19)3)22-14-26-18(10-24(22)32)12-28(38-26)30(34)36-6-2/h7-14H,5-6H2,1-4H3. The SMILES string of the molecule is CCOC(=O)c1cc2cc(Cl)c(-c3ccc(-c4cc5sc(C(=O)OCC)cc5cc4Cl)c(C)c3C)cc2s1. The predicted octanol–water partition coefficient (Wildman–Crippen LogP) is 9.73. The van der Waals surface area contributed by atoms with Gasteiger partial charge in [0, 0.05) is 30.6 Å². The van der Waals surface area contributed by atoms with Crippen molar-refractivity contribution in [3.63, 3.8) is 0 Å². The van der Waals surface area contributed by atoms with Crippen LogP contribution >= 0.6 is 45.9 Å². The van der Waals surface area contributed by atoms with Crippen molar-refractivity contribution in [1.29, 1.82) is 0 Å². The van der Waals surface area contributed by atoms with Crippen molar-refractivity contribution < 1.29 is 19.1 Å². The molecule has 0 aliphatic heterocycles. The fourth-order valence-corrected chi connectivity index (χ4v) is 7.04. The van der Waals surface area contributed by atoms with Crippen LogP contribution in [-0.2, 0) is 9.47 Å². The van der Waals surface area contributed by atoms with Gasteiger partial charge in [0.15, 0.2) is 0 Å². The molecule has 5 rings (SSSR count). The maximum Gasteiger partial charge on any atom is 0.348 e. The number of carbonyl (C=O) groups is 2. The Balaban J connectivity index is 1.56. The van der Waals surface area contributed by atoms with Gasteiger partial charge in [0.25, 0.3) is 0 Å². The average molecular weight is 584 g/mol. The number of fused-ring (bicyclic) bond motifs is 2. The third-order valence-corrected chi connectivity index (χ3v) is 9.31. The molecule has 0 saturated carbocycles. The normalized spacial score (nSPS) is 11.3. The van der Waals surface area contributed by atoms with Crippen LogP contribution in [0.4, 0.5) is 0 Å². The molecule has 0 unspecified atom stereocenters. The second kappa shape index (κ2) is 10.7. The van der Waals surface area contributed by atoms with Gasteiger partial charge < -0.3 is 9.47 Å². The number of hydrogen-bond acceptors (Lipinski definition) is 6. The molecule has 2 heterocycles. The van der Waals surface area contributed by atoms with Crippen molar-refractivity contribution in [3.8, 4) is 22.3 Å². The van der Waals surface area contributed by atoms with E-state index in [0.717, 1.165) is 53.6 Å². The largest absolute Gasteiger partial charge is 0.462 e. The summed E-state index contributed by atoms with van der Waals surface area (Å²) in [4.78, 5) is 25.6. The summed E-state index contributed by atoms with van der Waals surface area (Å²) >= 11 is 16.3. The van der Waals surface area contributed by atoms with Gasteiger partial charge in [-0.2, -0.15) is 0 Å². The average Bonchev–Trinajstić information content (AvgIpc) is 3.49. The van der Waals surface area contributed by atoms with Gasteiger partial charge in [-0.1, -0.05) is 35.3 Å². The summed E-state index contributed by atoms with van der Waals surface area (Å²) in [5.74, 6) is -0.645. The summed E-state index contributed by atoms with van der Waals surface area (Å²) in [6, 6.07) is 15.6. The van der Waals surface area contributed by atoms with Gasteiger partial charge in [-0.05, 0) is 97.1 Å². The molecule has 38 heavy (non-hydrogen) atoms. The van der Waals surface area contributed by atoms with Crippen LogP contribution in [0.3, 0.4) is 0 Å². The van der Waals surface area contributed by atoms with Crippen LogP contribution in [0.1, 0.15) is 44.3 Å². The van der Waals surface area contributed by atoms with Crippen LogP contribution in [0.5, 0.6) is 0 Å². The van der Waals surface area contributed by atoms with E-state index in [2.05, 4.69) is 26.0 Å². The Labute approximate surface area is 238 Å². The van der Waals surface area contributed by atoms with Crippen molar-refractivity contribution in [2.75, 3.05) is 13.2 Å². The van der Waals surface area contributed by atoms with Crippen LogP contribution < -0.4 is 0 Å². The van der Waals surface area contributed by atoms with E-state index in [-0.39, 0.29) is 11.9 Å². The molecule has 0 bridgehead atoms. The third kappa shape index (κ3) is 4.82. The lowest BCUT2D eigenvalue weighted by Gasteiger charge is -2.16. The molecule has 0 atom stereocenters. The van der Waals surface area contributed by atoms with Gasteiger partial charge in [0.1, 0.15) is 9.75 Å². The van der Waals surface area contributed by atoms with E-state index in [0.29, 0.717) is 33.0 Å². The Kier molecular flexibility index (Phi) is 7.51. The van der Waals surface area contributed by atoms with Crippen molar-refractivity contribution in [2.24, 2.45) is 0 Å². The lowest BCUT2D eigenvalue weighted by molar-refractivity contribution is 0.0522. The van der Waals surface area contributed by atoms with Crippen molar-refractivity contribution in [2.45, 2.75) is 27.7 Å². The van der Waals surface area contributed by atoms with Crippen molar-refractivity contribution >= 4 is 78.0 Å². The maximum absolute atomic E-state index is 12.2. The molecule has 194 valence electrons. The highest BCUT2D eigenvalue weighted by Gasteiger charge is 2.19. The molecule has 0 spiro atoms. The van der Waals surface area contributed by atoms with E-state index in [1.807, 2.05) is 36.4 Å². The number of ether oxygens (including phenoxy) is 2. The van der Waals surface area contributed by atoms with Crippen molar-refractivity contribution in [1.82, 2.24) is 0 Å². The number of halogens is 2. The maximum atomic E-state index is 12.2. The van der Waals surface area contributed by atoms with Crippen molar-refractivity contribution in [3.05, 3.63) is 79.5 Å².